The lowest BCUT2D eigenvalue weighted by Crippen LogP contribution is -2.27. The molecule has 0 radical (unpaired) electrons. The number of rotatable bonds is 7. The molecule has 0 saturated heterocycles. The minimum Gasteiger partial charge on any atom is -0.471 e. The molecule has 160 valence electrons. The Morgan fingerprint density at radius 1 is 1.20 bits per heavy atom. The van der Waals surface area contributed by atoms with Gasteiger partial charge in [0, 0.05) is 38.1 Å². The average molecular weight is 421 g/mol. The van der Waals surface area contributed by atoms with Crippen LogP contribution < -0.4 is 4.74 Å². The van der Waals surface area contributed by atoms with E-state index in [2.05, 4.69) is 10.2 Å². The summed E-state index contributed by atoms with van der Waals surface area (Å²) >= 11 is 0. The number of aryl methyl sites for hydroxylation is 2. The number of hydrogen-bond acceptors (Lipinski definition) is 4. The van der Waals surface area contributed by atoms with Crippen molar-refractivity contribution >= 4 is 5.91 Å². The van der Waals surface area contributed by atoms with Crippen molar-refractivity contribution in [3.05, 3.63) is 65.2 Å². The van der Waals surface area contributed by atoms with Crippen LogP contribution in [0.1, 0.15) is 34.2 Å². The van der Waals surface area contributed by atoms with E-state index < -0.39 is 11.7 Å². The van der Waals surface area contributed by atoms with Crippen LogP contribution in [-0.4, -0.2) is 37.4 Å². The van der Waals surface area contributed by atoms with Crippen LogP contribution in [0.4, 0.5) is 13.2 Å². The SMILES string of the molecule is CCn1cc(CN(C)C(=O)c2ccn(COc3cccc(C(F)(F)F)c3)n2)c(C)n1. The Labute approximate surface area is 171 Å². The summed E-state index contributed by atoms with van der Waals surface area (Å²) in [7, 11) is 1.67. The number of nitrogens with zero attached hydrogens (tertiary/aromatic N) is 5. The highest BCUT2D eigenvalue weighted by Gasteiger charge is 2.30. The zero-order valence-corrected chi connectivity index (χ0v) is 16.8. The highest BCUT2D eigenvalue weighted by molar-refractivity contribution is 5.91. The Hall–Kier alpha value is -3.30. The number of alkyl halides is 3. The summed E-state index contributed by atoms with van der Waals surface area (Å²) in [4.78, 5) is 14.2. The van der Waals surface area contributed by atoms with Gasteiger partial charge < -0.3 is 9.64 Å². The molecule has 2 heterocycles. The minimum atomic E-state index is -4.44. The Bertz CT molecular complexity index is 1030. The number of hydrogen-bond donors (Lipinski definition) is 0. The number of carbonyl (C=O) groups excluding carboxylic acids is 1. The second kappa shape index (κ2) is 8.60. The fraction of sp³-hybridized carbons (Fsp3) is 0.350. The molecule has 0 saturated carbocycles. The van der Waals surface area contributed by atoms with Gasteiger partial charge in [-0.2, -0.15) is 23.4 Å². The van der Waals surface area contributed by atoms with Gasteiger partial charge in [0.1, 0.15) is 5.75 Å². The smallest absolute Gasteiger partial charge is 0.416 e. The lowest BCUT2D eigenvalue weighted by atomic mass is 10.2. The van der Waals surface area contributed by atoms with Crippen LogP contribution in [0.15, 0.2) is 42.7 Å². The van der Waals surface area contributed by atoms with Gasteiger partial charge in [0.15, 0.2) is 12.4 Å². The molecular weight excluding hydrogens is 399 g/mol. The minimum absolute atomic E-state index is 0.0636. The molecular formula is C20H22F3N5O2. The fourth-order valence-corrected chi connectivity index (χ4v) is 2.85. The van der Waals surface area contributed by atoms with Gasteiger partial charge in [0.25, 0.3) is 5.91 Å². The zero-order chi connectivity index (χ0) is 21.9. The van der Waals surface area contributed by atoms with E-state index in [4.69, 9.17) is 4.74 Å². The molecule has 0 aliphatic heterocycles. The third-order valence-electron chi connectivity index (χ3n) is 4.51. The Morgan fingerprint density at radius 3 is 2.63 bits per heavy atom. The van der Waals surface area contributed by atoms with Crippen LogP contribution in [0.2, 0.25) is 0 Å². The van der Waals surface area contributed by atoms with Crippen LogP contribution in [0, 0.1) is 6.92 Å². The monoisotopic (exact) mass is 421 g/mol. The van der Waals surface area contributed by atoms with Crippen molar-refractivity contribution in [2.45, 2.75) is 39.8 Å². The molecule has 0 aliphatic rings. The van der Waals surface area contributed by atoms with E-state index in [-0.39, 0.29) is 24.1 Å². The maximum atomic E-state index is 12.8. The number of amides is 1. The summed E-state index contributed by atoms with van der Waals surface area (Å²) in [5.74, 6) is -0.217. The van der Waals surface area contributed by atoms with Crippen LogP contribution >= 0.6 is 0 Å². The second-order valence-electron chi connectivity index (χ2n) is 6.80. The van der Waals surface area contributed by atoms with Gasteiger partial charge in [-0.1, -0.05) is 6.07 Å². The highest BCUT2D eigenvalue weighted by atomic mass is 19.4. The molecule has 0 fully saturated rings. The maximum Gasteiger partial charge on any atom is 0.416 e. The molecule has 30 heavy (non-hydrogen) atoms. The fourth-order valence-electron chi connectivity index (χ4n) is 2.85. The topological polar surface area (TPSA) is 65.2 Å². The summed E-state index contributed by atoms with van der Waals surface area (Å²) in [6, 6.07) is 6.13. The van der Waals surface area contributed by atoms with Crippen molar-refractivity contribution < 1.29 is 22.7 Å². The molecule has 7 nitrogen and oxygen atoms in total. The van der Waals surface area contributed by atoms with Gasteiger partial charge in [0.05, 0.1) is 11.3 Å². The van der Waals surface area contributed by atoms with Gasteiger partial charge in [-0.05, 0) is 38.1 Å². The Balaban J connectivity index is 1.61. The third-order valence-corrected chi connectivity index (χ3v) is 4.51. The van der Waals surface area contributed by atoms with Crippen molar-refractivity contribution in [2.75, 3.05) is 7.05 Å². The summed E-state index contributed by atoms with van der Waals surface area (Å²) in [5, 5.41) is 8.53. The summed E-state index contributed by atoms with van der Waals surface area (Å²) in [6.07, 6.45) is -1.00. The van der Waals surface area contributed by atoms with Gasteiger partial charge in [-0.25, -0.2) is 4.68 Å². The summed E-state index contributed by atoms with van der Waals surface area (Å²) in [5.41, 5.74) is 1.22. The van der Waals surface area contributed by atoms with Gasteiger partial charge in [0.2, 0.25) is 0 Å². The first-order chi connectivity index (χ1) is 14.2. The molecule has 1 amide bonds. The predicted octanol–water partition coefficient (Wildman–Crippen LogP) is 3.74. The number of benzene rings is 1. The molecule has 10 heteroatoms. The van der Waals surface area contributed by atoms with E-state index in [9.17, 15) is 18.0 Å². The Kier molecular flexibility index (Phi) is 6.14. The lowest BCUT2D eigenvalue weighted by molar-refractivity contribution is -0.137. The summed E-state index contributed by atoms with van der Waals surface area (Å²) in [6.45, 7) is 4.88. The normalized spacial score (nSPS) is 11.5. The molecule has 0 spiro atoms. The molecule has 2 aromatic heterocycles. The van der Waals surface area contributed by atoms with Crippen LogP contribution in [0.3, 0.4) is 0 Å². The van der Waals surface area contributed by atoms with E-state index in [0.29, 0.717) is 6.54 Å². The molecule has 0 unspecified atom stereocenters. The number of aromatic nitrogens is 4. The average Bonchev–Trinajstić information content (AvgIpc) is 3.32. The van der Waals surface area contributed by atoms with Crippen molar-refractivity contribution in [2.24, 2.45) is 0 Å². The van der Waals surface area contributed by atoms with Crippen molar-refractivity contribution in [3.63, 3.8) is 0 Å². The van der Waals surface area contributed by atoms with E-state index >= 15 is 0 Å². The molecule has 0 aliphatic carbocycles. The first-order valence-corrected chi connectivity index (χ1v) is 9.29. The summed E-state index contributed by atoms with van der Waals surface area (Å²) < 4.78 is 46.9. The number of carbonyl (C=O) groups is 1. The molecule has 0 bridgehead atoms. The van der Waals surface area contributed by atoms with E-state index in [1.54, 1.807) is 7.05 Å². The first kappa shape index (κ1) is 21.4. The maximum absolute atomic E-state index is 12.8. The van der Waals surface area contributed by atoms with E-state index in [1.807, 2.05) is 24.7 Å². The molecule has 3 aromatic rings. The van der Waals surface area contributed by atoms with Crippen LogP contribution in [0.25, 0.3) is 0 Å². The standard InChI is InChI=1S/C20H22F3N5O2/c1-4-27-12-15(14(2)24-27)11-26(3)19(29)18-8-9-28(25-18)13-30-17-7-5-6-16(10-17)20(21,22)23/h5-10,12H,4,11,13H2,1-3H3. The molecule has 3 rings (SSSR count). The number of ether oxygens (including phenoxy) is 1. The van der Waals surface area contributed by atoms with Gasteiger partial charge in [-0.15, -0.1) is 0 Å². The van der Waals surface area contributed by atoms with E-state index in [1.165, 1.54) is 34.0 Å². The highest BCUT2D eigenvalue weighted by Crippen LogP contribution is 2.31. The number of halogens is 3. The van der Waals surface area contributed by atoms with Gasteiger partial charge >= 0.3 is 6.18 Å². The molecule has 0 N–H and O–H groups in total. The quantitative estimate of drug-likeness (QED) is 0.583. The van der Waals surface area contributed by atoms with Crippen LogP contribution in [0.5, 0.6) is 5.75 Å². The first-order valence-electron chi connectivity index (χ1n) is 9.29. The van der Waals surface area contributed by atoms with Gasteiger partial charge in [-0.3, -0.25) is 9.48 Å². The predicted molar refractivity (Wildman–Crippen MR) is 103 cm³/mol. The largest absolute Gasteiger partial charge is 0.471 e. The third kappa shape index (κ3) is 5.00. The van der Waals surface area contributed by atoms with Crippen molar-refractivity contribution in [1.29, 1.82) is 0 Å². The molecule has 1 aromatic carbocycles. The Morgan fingerprint density at radius 2 is 1.97 bits per heavy atom. The lowest BCUT2D eigenvalue weighted by Gasteiger charge is -2.15. The van der Waals surface area contributed by atoms with Crippen molar-refractivity contribution in [1.82, 2.24) is 24.5 Å². The zero-order valence-electron chi connectivity index (χ0n) is 16.8. The van der Waals surface area contributed by atoms with Crippen molar-refractivity contribution in [3.8, 4) is 5.75 Å². The second-order valence-corrected chi connectivity index (χ2v) is 6.80. The van der Waals surface area contributed by atoms with E-state index in [0.717, 1.165) is 29.9 Å². The molecule has 0 atom stereocenters. The van der Waals surface area contributed by atoms with Crippen LogP contribution in [-0.2, 0) is 26.0 Å².